The van der Waals surface area contributed by atoms with Crippen LogP contribution in [0.3, 0.4) is 0 Å². The highest BCUT2D eigenvalue weighted by molar-refractivity contribution is 9.42. The number of alkyl halides is 6. The van der Waals surface area contributed by atoms with Crippen molar-refractivity contribution < 1.29 is 9.63 Å². The third kappa shape index (κ3) is 6.34. The molecule has 0 bridgehead atoms. The van der Waals surface area contributed by atoms with E-state index in [1.165, 1.54) is 0 Å². The van der Waals surface area contributed by atoms with Gasteiger partial charge in [0.15, 0.2) is 4.29 Å². The summed E-state index contributed by atoms with van der Waals surface area (Å²) in [6, 6.07) is 6.28. The number of carbonyl (C=O) groups excluding carboxylic acids is 1. The van der Waals surface area contributed by atoms with Crippen molar-refractivity contribution in [3.63, 3.8) is 0 Å². The lowest BCUT2D eigenvalue weighted by molar-refractivity contribution is 0.0515. The third-order valence-electron chi connectivity index (χ3n) is 1.84. The molecule has 0 N–H and O–H groups in total. The van der Waals surface area contributed by atoms with Gasteiger partial charge in [-0.05, 0) is 24.3 Å². The standard InChI is InChI=1S/C10H4Br6ClNO2/c11-9(12,13)8(10(14,15)16)18-20-7(19)5-1-3-6(17)4-2-5/h1-4H. The van der Waals surface area contributed by atoms with Crippen LogP contribution in [-0.2, 0) is 4.84 Å². The fraction of sp³-hybridized carbons (Fsp3) is 0.200. The lowest BCUT2D eigenvalue weighted by Gasteiger charge is -2.21. The lowest BCUT2D eigenvalue weighted by atomic mass is 10.2. The molecule has 1 rings (SSSR count). The zero-order valence-electron chi connectivity index (χ0n) is 9.22. The van der Waals surface area contributed by atoms with E-state index in [9.17, 15) is 4.79 Å². The maximum atomic E-state index is 11.9. The molecule has 0 radical (unpaired) electrons. The van der Waals surface area contributed by atoms with E-state index in [-0.39, 0.29) is 0 Å². The molecule has 0 amide bonds. The molecule has 0 saturated carbocycles. The van der Waals surface area contributed by atoms with Crippen molar-refractivity contribution >= 4 is 119 Å². The molecule has 0 fully saturated rings. The molecule has 3 nitrogen and oxygen atoms in total. The van der Waals surface area contributed by atoms with Gasteiger partial charge in [0.25, 0.3) is 0 Å². The molecule has 0 aliphatic heterocycles. The van der Waals surface area contributed by atoms with Gasteiger partial charge in [-0.2, -0.15) is 0 Å². The molecular weight excluding hydrogens is 681 g/mol. The van der Waals surface area contributed by atoms with Gasteiger partial charge in [-0.25, -0.2) is 4.79 Å². The van der Waals surface area contributed by atoms with Crippen LogP contribution in [0.15, 0.2) is 29.4 Å². The molecule has 1 aromatic carbocycles. The summed E-state index contributed by atoms with van der Waals surface area (Å²) in [6.07, 6.45) is 0. The molecule has 0 atom stereocenters. The zero-order valence-corrected chi connectivity index (χ0v) is 19.5. The number of carbonyl (C=O) groups is 1. The highest BCUT2D eigenvalue weighted by Crippen LogP contribution is 2.47. The Morgan fingerprint density at radius 2 is 1.45 bits per heavy atom. The molecule has 0 saturated heterocycles. The third-order valence-corrected chi connectivity index (χ3v) is 4.34. The second-order valence-corrected chi connectivity index (χ2v) is 17.3. The average Bonchev–Trinajstić information content (AvgIpc) is 2.26. The Hall–Kier alpha value is 1.53. The van der Waals surface area contributed by atoms with Crippen LogP contribution in [0.5, 0.6) is 0 Å². The van der Waals surface area contributed by atoms with Gasteiger partial charge < -0.3 is 4.84 Å². The summed E-state index contributed by atoms with van der Waals surface area (Å²) in [5.74, 6) is -0.604. The number of oxime groups is 1. The maximum Gasteiger partial charge on any atom is 0.365 e. The summed E-state index contributed by atoms with van der Waals surface area (Å²) in [5, 5.41) is 4.35. The van der Waals surface area contributed by atoms with E-state index >= 15 is 0 Å². The first-order valence-corrected chi connectivity index (χ1v) is 9.84. The van der Waals surface area contributed by atoms with E-state index in [0.29, 0.717) is 16.3 Å². The minimum Gasteiger partial charge on any atom is -0.313 e. The molecule has 110 valence electrons. The molecule has 0 heterocycles. The molecule has 1 aromatic rings. The first kappa shape index (κ1) is 19.6. The summed E-state index contributed by atoms with van der Waals surface area (Å²) in [4.78, 5) is 16.8. The van der Waals surface area contributed by atoms with Crippen LogP contribution >= 0.6 is 107 Å². The van der Waals surface area contributed by atoms with E-state index in [4.69, 9.17) is 16.4 Å². The number of benzene rings is 1. The van der Waals surface area contributed by atoms with Crippen molar-refractivity contribution in [2.45, 2.75) is 4.29 Å². The first-order chi connectivity index (χ1) is 9.01. The normalized spacial score (nSPS) is 11.9. The van der Waals surface area contributed by atoms with Crippen LogP contribution in [0.2, 0.25) is 5.02 Å². The summed E-state index contributed by atoms with van der Waals surface area (Å²) in [5.41, 5.74) is 0.679. The molecule has 0 aliphatic carbocycles. The van der Waals surface area contributed by atoms with Crippen LogP contribution < -0.4 is 0 Å². The van der Waals surface area contributed by atoms with E-state index in [2.05, 4.69) is 101 Å². The Labute approximate surface area is 171 Å². The number of rotatable bonds is 2. The van der Waals surface area contributed by atoms with Gasteiger partial charge in [-0.15, -0.1) is 0 Å². The summed E-state index contributed by atoms with van der Waals surface area (Å²) in [7, 11) is 0. The number of halogens is 7. The first-order valence-electron chi connectivity index (χ1n) is 4.71. The maximum absolute atomic E-state index is 11.9. The summed E-state index contributed by atoms with van der Waals surface area (Å²) in [6.45, 7) is 0. The van der Waals surface area contributed by atoms with Crippen LogP contribution in [0.4, 0.5) is 0 Å². The van der Waals surface area contributed by atoms with Crippen LogP contribution in [-0.4, -0.2) is 16.0 Å². The molecule has 10 heteroatoms. The topological polar surface area (TPSA) is 38.7 Å². The van der Waals surface area contributed by atoms with E-state index < -0.39 is 10.3 Å². The predicted octanol–water partition coefficient (Wildman–Crippen LogP) is 6.53. The smallest absolute Gasteiger partial charge is 0.313 e. The summed E-state index contributed by atoms with van der Waals surface area (Å²) >= 11 is 25.5. The Morgan fingerprint density at radius 3 is 1.85 bits per heavy atom. The monoisotopic (exact) mass is 679 g/mol. The zero-order chi connectivity index (χ0) is 15.6. The van der Waals surface area contributed by atoms with Gasteiger partial charge in [0.1, 0.15) is 5.71 Å². The van der Waals surface area contributed by atoms with E-state index in [0.717, 1.165) is 0 Å². The van der Waals surface area contributed by atoms with Crippen LogP contribution in [0, 0.1) is 0 Å². The number of hydrogen-bond donors (Lipinski definition) is 0. The Morgan fingerprint density at radius 1 is 1.00 bits per heavy atom. The Balaban J connectivity index is 2.93. The lowest BCUT2D eigenvalue weighted by Crippen LogP contribution is -2.30. The van der Waals surface area contributed by atoms with Crippen molar-refractivity contribution in [1.82, 2.24) is 0 Å². The van der Waals surface area contributed by atoms with Gasteiger partial charge in [0, 0.05) is 5.02 Å². The summed E-state index contributed by atoms with van der Waals surface area (Å²) < 4.78 is -1.74. The number of hydrogen-bond acceptors (Lipinski definition) is 3. The molecule has 0 aliphatic rings. The quantitative estimate of drug-likeness (QED) is 0.154. The Bertz CT molecular complexity index is 504. The minimum absolute atomic E-state index is 0.339. The molecule has 0 spiro atoms. The van der Waals surface area contributed by atoms with Gasteiger partial charge in [-0.1, -0.05) is 112 Å². The van der Waals surface area contributed by atoms with E-state index in [1.54, 1.807) is 24.3 Å². The van der Waals surface area contributed by atoms with Crippen molar-refractivity contribution in [2.75, 3.05) is 0 Å². The van der Waals surface area contributed by atoms with Crippen LogP contribution in [0.1, 0.15) is 10.4 Å². The van der Waals surface area contributed by atoms with Crippen molar-refractivity contribution in [1.29, 1.82) is 0 Å². The molecule has 20 heavy (non-hydrogen) atoms. The highest BCUT2D eigenvalue weighted by Gasteiger charge is 2.41. The van der Waals surface area contributed by atoms with Gasteiger partial charge in [0.05, 0.1) is 5.56 Å². The van der Waals surface area contributed by atoms with Crippen molar-refractivity contribution in [3.8, 4) is 0 Å². The Kier molecular flexibility index (Phi) is 7.71. The SMILES string of the molecule is O=C(ON=C(C(Br)(Br)Br)C(Br)(Br)Br)c1ccc(Cl)cc1. The van der Waals surface area contributed by atoms with Gasteiger partial charge in [0.2, 0.25) is 0 Å². The fourth-order valence-corrected chi connectivity index (χ4v) is 5.73. The fourth-order valence-electron chi connectivity index (χ4n) is 0.990. The van der Waals surface area contributed by atoms with Crippen molar-refractivity contribution in [2.24, 2.45) is 5.16 Å². The van der Waals surface area contributed by atoms with Gasteiger partial charge in [-0.3, -0.25) is 0 Å². The molecule has 0 unspecified atom stereocenters. The molecular formula is C10H4Br6ClNO2. The van der Waals surface area contributed by atoms with Gasteiger partial charge >= 0.3 is 5.97 Å². The minimum atomic E-state index is -0.871. The predicted molar refractivity (Wildman–Crippen MR) is 103 cm³/mol. The molecule has 0 aromatic heterocycles. The largest absolute Gasteiger partial charge is 0.365 e. The number of nitrogens with zero attached hydrogens (tertiary/aromatic N) is 1. The average molecular weight is 685 g/mol. The van der Waals surface area contributed by atoms with Crippen molar-refractivity contribution in [3.05, 3.63) is 34.9 Å². The second kappa shape index (κ2) is 7.88. The van der Waals surface area contributed by atoms with Crippen LogP contribution in [0.25, 0.3) is 0 Å². The second-order valence-electron chi connectivity index (χ2n) is 3.32. The highest BCUT2D eigenvalue weighted by atomic mass is 80.0. The van der Waals surface area contributed by atoms with E-state index in [1.807, 2.05) is 0 Å².